The molecule has 0 bridgehead atoms. The highest BCUT2D eigenvalue weighted by Gasteiger charge is 2.41. The van der Waals surface area contributed by atoms with Crippen LogP contribution in [0.25, 0.3) is 0 Å². The van der Waals surface area contributed by atoms with E-state index in [-0.39, 0.29) is 18.2 Å². The molecule has 1 rings (SSSR count). The molecule has 2 N–H and O–H groups in total. The van der Waals surface area contributed by atoms with E-state index in [1.165, 1.54) is 0 Å². The monoisotopic (exact) mass is 356 g/mol. The molecule has 132 valence electrons. The molecule has 0 spiro atoms. The van der Waals surface area contributed by atoms with Crippen molar-refractivity contribution in [2.75, 3.05) is 0 Å². The van der Waals surface area contributed by atoms with E-state index in [4.69, 9.17) is 5.11 Å². The minimum Gasteiger partial charge on any atom is -0.388 e. The fourth-order valence-electron chi connectivity index (χ4n) is 1.65. The summed E-state index contributed by atoms with van der Waals surface area (Å²) in [6, 6.07) is -0.0254. The summed E-state index contributed by atoms with van der Waals surface area (Å²) in [4.78, 5) is 0. The molecule has 11 heteroatoms. The molecule has 0 aliphatic carbocycles. The van der Waals surface area contributed by atoms with Gasteiger partial charge in [0.1, 0.15) is 0 Å². The van der Waals surface area contributed by atoms with Crippen LogP contribution in [-0.4, -0.2) is 22.5 Å². The largest absolute Gasteiger partial charge is 0.416 e. The SMILES string of the molecule is OC(CC(O)C(F)(F)F)c1cc(C(F)(F)F)cc(C(F)(F)F)c1. The number of aliphatic hydroxyl groups excluding tert-OH is 2. The summed E-state index contributed by atoms with van der Waals surface area (Å²) in [7, 11) is 0. The summed E-state index contributed by atoms with van der Waals surface area (Å²) in [5.74, 6) is 0. The molecule has 0 radical (unpaired) electrons. The van der Waals surface area contributed by atoms with Crippen LogP contribution < -0.4 is 0 Å². The van der Waals surface area contributed by atoms with Gasteiger partial charge in [0.05, 0.1) is 17.2 Å². The van der Waals surface area contributed by atoms with E-state index in [0.717, 1.165) is 0 Å². The van der Waals surface area contributed by atoms with Crippen molar-refractivity contribution >= 4 is 0 Å². The minimum absolute atomic E-state index is 0.100. The maximum absolute atomic E-state index is 12.6. The quantitative estimate of drug-likeness (QED) is 0.802. The molecule has 0 fully saturated rings. The molecule has 0 amide bonds. The lowest BCUT2D eigenvalue weighted by molar-refractivity contribution is -0.211. The van der Waals surface area contributed by atoms with Crippen LogP contribution >= 0.6 is 0 Å². The van der Waals surface area contributed by atoms with Gasteiger partial charge in [0.2, 0.25) is 0 Å². The van der Waals surface area contributed by atoms with Crippen molar-refractivity contribution in [1.29, 1.82) is 0 Å². The van der Waals surface area contributed by atoms with Gasteiger partial charge in [-0.15, -0.1) is 0 Å². The van der Waals surface area contributed by atoms with Crippen molar-refractivity contribution in [3.63, 3.8) is 0 Å². The van der Waals surface area contributed by atoms with E-state index in [0.29, 0.717) is 0 Å². The number of halogens is 9. The molecule has 2 nitrogen and oxygen atoms in total. The average molecular weight is 356 g/mol. The van der Waals surface area contributed by atoms with Crippen LogP contribution in [0, 0.1) is 0 Å². The van der Waals surface area contributed by atoms with E-state index in [9.17, 15) is 44.6 Å². The Morgan fingerprint density at radius 1 is 0.739 bits per heavy atom. The zero-order chi connectivity index (χ0) is 18.2. The maximum Gasteiger partial charge on any atom is 0.416 e. The summed E-state index contributed by atoms with van der Waals surface area (Å²) in [5, 5.41) is 18.2. The van der Waals surface area contributed by atoms with Crippen LogP contribution in [0.1, 0.15) is 29.2 Å². The van der Waals surface area contributed by atoms with Crippen molar-refractivity contribution < 1.29 is 49.7 Å². The number of aliphatic hydroxyl groups is 2. The highest BCUT2D eigenvalue weighted by molar-refractivity contribution is 5.34. The number of hydrogen-bond donors (Lipinski definition) is 2. The summed E-state index contributed by atoms with van der Waals surface area (Å²) < 4.78 is 112. The van der Waals surface area contributed by atoms with Crippen molar-refractivity contribution in [2.45, 2.75) is 37.2 Å². The molecule has 0 aromatic heterocycles. The zero-order valence-electron chi connectivity index (χ0n) is 10.9. The second kappa shape index (κ2) is 6.19. The van der Waals surface area contributed by atoms with Gasteiger partial charge in [-0.25, -0.2) is 0 Å². The molecular weight excluding hydrogens is 347 g/mol. The first-order chi connectivity index (χ1) is 10.1. The van der Waals surface area contributed by atoms with Crippen LogP contribution in [-0.2, 0) is 12.4 Å². The normalized spacial score (nSPS) is 16.3. The zero-order valence-corrected chi connectivity index (χ0v) is 10.9. The molecule has 0 aliphatic rings. The fourth-order valence-corrected chi connectivity index (χ4v) is 1.65. The van der Waals surface area contributed by atoms with E-state index < -0.39 is 53.8 Å². The maximum atomic E-state index is 12.6. The van der Waals surface area contributed by atoms with Crippen molar-refractivity contribution in [1.82, 2.24) is 0 Å². The van der Waals surface area contributed by atoms with Crippen LogP contribution in [0.2, 0.25) is 0 Å². The van der Waals surface area contributed by atoms with Crippen LogP contribution in [0.5, 0.6) is 0 Å². The Kier molecular flexibility index (Phi) is 5.26. The Balaban J connectivity index is 3.25. The summed E-state index contributed by atoms with van der Waals surface area (Å²) in [5.41, 5.74) is -4.58. The first-order valence-electron chi connectivity index (χ1n) is 5.84. The average Bonchev–Trinajstić information content (AvgIpc) is 2.34. The lowest BCUT2D eigenvalue weighted by atomic mass is 9.97. The lowest BCUT2D eigenvalue weighted by Gasteiger charge is -2.20. The number of hydrogen-bond acceptors (Lipinski definition) is 2. The number of benzene rings is 1. The Hall–Kier alpha value is -1.49. The molecule has 0 saturated heterocycles. The van der Waals surface area contributed by atoms with E-state index >= 15 is 0 Å². The Morgan fingerprint density at radius 2 is 1.13 bits per heavy atom. The minimum atomic E-state index is -5.20. The van der Waals surface area contributed by atoms with Gasteiger partial charge in [-0.3, -0.25) is 0 Å². The second-order valence-corrected chi connectivity index (χ2v) is 4.65. The van der Waals surface area contributed by atoms with E-state index in [1.807, 2.05) is 0 Å². The Labute approximate surface area is 123 Å². The van der Waals surface area contributed by atoms with Gasteiger partial charge in [0, 0.05) is 6.42 Å². The van der Waals surface area contributed by atoms with Crippen molar-refractivity contribution in [3.8, 4) is 0 Å². The summed E-state index contributed by atoms with van der Waals surface area (Å²) in [6.07, 6.45) is -22.5. The topological polar surface area (TPSA) is 40.5 Å². The van der Waals surface area contributed by atoms with E-state index in [1.54, 1.807) is 0 Å². The Bertz CT molecular complexity index is 513. The molecule has 2 unspecified atom stereocenters. The third kappa shape index (κ3) is 5.27. The number of alkyl halides is 9. The highest BCUT2D eigenvalue weighted by atomic mass is 19.4. The first kappa shape index (κ1) is 19.6. The van der Waals surface area contributed by atoms with E-state index in [2.05, 4.69) is 0 Å². The molecular formula is C12H9F9O2. The van der Waals surface area contributed by atoms with Gasteiger partial charge in [-0.05, 0) is 23.8 Å². The van der Waals surface area contributed by atoms with Gasteiger partial charge < -0.3 is 10.2 Å². The van der Waals surface area contributed by atoms with Gasteiger partial charge in [-0.1, -0.05) is 0 Å². The fraction of sp³-hybridized carbons (Fsp3) is 0.500. The predicted octanol–water partition coefficient (Wildman–Crippen LogP) is 4.07. The summed E-state index contributed by atoms with van der Waals surface area (Å²) in [6.45, 7) is 0. The second-order valence-electron chi connectivity index (χ2n) is 4.65. The van der Waals surface area contributed by atoms with Gasteiger partial charge in [0.25, 0.3) is 0 Å². The van der Waals surface area contributed by atoms with Crippen LogP contribution in [0.15, 0.2) is 18.2 Å². The molecule has 0 aliphatic heterocycles. The molecule has 2 atom stereocenters. The third-order valence-electron chi connectivity index (χ3n) is 2.82. The highest BCUT2D eigenvalue weighted by Crippen LogP contribution is 2.38. The van der Waals surface area contributed by atoms with Crippen molar-refractivity contribution in [2.24, 2.45) is 0 Å². The van der Waals surface area contributed by atoms with Crippen molar-refractivity contribution in [3.05, 3.63) is 34.9 Å². The number of rotatable bonds is 3. The predicted molar refractivity (Wildman–Crippen MR) is 58.1 cm³/mol. The third-order valence-corrected chi connectivity index (χ3v) is 2.82. The standard InChI is InChI=1S/C12H9F9O2/c13-10(14,15)6-1-5(2-7(3-6)11(16,17)18)8(22)4-9(23)12(19,20)21/h1-3,8-9,22-23H,4H2. The molecule has 1 aromatic carbocycles. The van der Waals surface area contributed by atoms with Gasteiger partial charge >= 0.3 is 18.5 Å². The first-order valence-corrected chi connectivity index (χ1v) is 5.84. The molecule has 0 heterocycles. The lowest BCUT2D eigenvalue weighted by Crippen LogP contribution is -2.30. The van der Waals surface area contributed by atoms with Crippen LogP contribution in [0.4, 0.5) is 39.5 Å². The van der Waals surface area contributed by atoms with Gasteiger partial charge in [-0.2, -0.15) is 39.5 Å². The summed E-state index contributed by atoms with van der Waals surface area (Å²) >= 11 is 0. The molecule has 0 saturated carbocycles. The molecule has 1 aromatic rings. The van der Waals surface area contributed by atoms with Gasteiger partial charge in [0.15, 0.2) is 6.10 Å². The molecule has 23 heavy (non-hydrogen) atoms. The smallest absolute Gasteiger partial charge is 0.388 e. The Morgan fingerprint density at radius 3 is 1.43 bits per heavy atom. The van der Waals surface area contributed by atoms with Crippen LogP contribution in [0.3, 0.4) is 0 Å².